The van der Waals surface area contributed by atoms with Crippen molar-refractivity contribution >= 4 is 11.9 Å². The molecule has 0 saturated heterocycles. The highest BCUT2D eigenvalue weighted by atomic mass is 32.2. The van der Waals surface area contributed by atoms with Crippen LogP contribution in [0.2, 0.25) is 0 Å². The lowest BCUT2D eigenvalue weighted by Crippen LogP contribution is -2.11. The molecular formula is C9H7F6NS. The first-order valence-electron chi connectivity index (χ1n) is 4.24. The molecule has 0 amide bonds. The van der Waals surface area contributed by atoms with Crippen LogP contribution in [0.25, 0.3) is 0 Å². The van der Waals surface area contributed by atoms with Crippen molar-refractivity contribution in [3.05, 3.63) is 34.9 Å². The van der Waals surface area contributed by atoms with Gasteiger partial charge in [-0.25, -0.2) is 0 Å². The molecule has 2 N–H and O–H groups in total. The van der Waals surface area contributed by atoms with Crippen LogP contribution in [-0.4, -0.2) is 0 Å². The topological polar surface area (TPSA) is 26.0 Å². The summed E-state index contributed by atoms with van der Waals surface area (Å²) in [5.74, 6) is -0.118. The minimum atomic E-state index is -4.81. The lowest BCUT2D eigenvalue weighted by atomic mass is 10.1. The van der Waals surface area contributed by atoms with Crippen LogP contribution in [0.5, 0.6) is 0 Å². The van der Waals surface area contributed by atoms with E-state index in [0.717, 1.165) is 0 Å². The van der Waals surface area contributed by atoms with Crippen molar-refractivity contribution in [2.24, 2.45) is 5.14 Å². The maximum Gasteiger partial charge on any atom is 0.416 e. The van der Waals surface area contributed by atoms with E-state index in [2.05, 4.69) is 0 Å². The molecule has 0 spiro atoms. The van der Waals surface area contributed by atoms with Crippen LogP contribution in [0.4, 0.5) is 26.3 Å². The fraction of sp³-hybridized carbons (Fsp3) is 0.333. The Kier molecular flexibility index (Phi) is 3.98. The van der Waals surface area contributed by atoms with Gasteiger partial charge in [0.2, 0.25) is 0 Å². The summed E-state index contributed by atoms with van der Waals surface area (Å²) < 4.78 is 74.2. The average molecular weight is 275 g/mol. The predicted octanol–water partition coefficient (Wildman–Crippen LogP) is 3.83. The first-order chi connectivity index (χ1) is 7.64. The van der Waals surface area contributed by atoms with E-state index < -0.39 is 23.5 Å². The maximum atomic E-state index is 12.4. The molecule has 0 aliphatic heterocycles. The average Bonchev–Trinajstić information content (AvgIpc) is 2.15. The molecule has 0 unspecified atom stereocenters. The normalized spacial score (nSPS) is 12.9. The third-order valence-corrected chi connectivity index (χ3v) is 2.40. The van der Waals surface area contributed by atoms with Crippen LogP contribution in [-0.2, 0) is 18.1 Å². The number of rotatable bonds is 2. The molecule has 0 aliphatic carbocycles. The largest absolute Gasteiger partial charge is 0.416 e. The van der Waals surface area contributed by atoms with Gasteiger partial charge in [0.15, 0.2) is 0 Å². The Morgan fingerprint density at radius 1 is 0.882 bits per heavy atom. The lowest BCUT2D eigenvalue weighted by molar-refractivity contribution is -0.143. The van der Waals surface area contributed by atoms with Crippen LogP contribution >= 0.6 is 11.9 Å². The molecule has 0 heterocycles. The quantitative estimate of drug-likeness (QED) is 0.655. The summed E-state index contributed by atoms with van der Waals surface area (Å²) in [5.41, 5.74) is -2.76. The van der Waals surface area contributed by atoms with E-state index >= 15 is 0 Å². The summed E-state index contributed by atoms with van der Waals surface area (Å²) in [4.78, 5) is 0. The summed E-state index contributed by atoms with van der Waals surface area (Å²) in [6, 6.07) is 1.41. The first kappa shape index (κ1) is 14.2. The highest BCUT2D eigenvalue weighted by Crippen LogP contribution is 2.36. The van der Waals surface area contributed by atoms with Gasteiger partial charge in [-0.1, -0.05) is 11.9 Å². The van der Waals surface area contributed by atoms with Crippen LogP contribution in [0.15, 0.2) is 18.2 Å². The van der Waals surface area contributed by atoms with Gasteiger partial charge in [0.1, 0.15) is 0 Å². The molecule has 0 aromatic heterocycles. The monoisotopic (exact) mass is 275 g/mol. The van der Waals surface area contributed by atoms with Crippen molar-refractivity contribution in [1.29, 1.82) is 0 Å². The van der Waals surface area contributed by atoms with Crippen LogP contribution in [0, 0.1) is 0 Å². The van der Waals surface area contributed by atoms with E-state index in [0.29, 0.717) is 24.1 Å². The van der Waals surface area contributed by atoms with Crippen molar-refractivity contribution in [3.8, 4) is 0 Å². The third kappa shape index (κ3) is 3.81. The fourth-order valence-electron chi connectivity index (χ4n) is 1.20. The predicted molar refractivity (Wildman–Crippen MR) is 51.9 cm³/mol. The molecule has 0 saturated carbocycles. The van der Waals surface area contributed by atoms with Gasteiger partial charge >= 0.3 is 12.4 Å². The zero-order valence-electron chi connectivity index (χ0n) is 8.19. The second-order valence-electron chi connectivity index (χ2n) is 3.23. The highest BCUT2D eigenvalue weighted by Gasteiger charge is 2.36. The number of halogens is 6. The van der Waals surface area contributed by atoms with Crippen LogP contribution in [0.3, 0.4) is 0 Å². The van der Waals surface area contributed by atoms with Crippen molar-refractivity contribution in [2.45, 2.75) is 18.1 Å². The number of hydrogen-bond acceptors (Lipinski definition) is 2. The van der Waals surface area contributed by atoms with E-state index in [1.807, 2.05) is 0 Å². The number of benzene rings is 1. The van der Waals surface area contributed by atoms with Crippen LogP contribution in [0.1, 0.15) is 16.7 Å². The van der Waals surface area contributed by atoms with E-state index in [1.54, 1.807) is 0 Å². The number of alkyl halides is 6. The SMILES string of the molecule is NSCc1cc(C(F)(F)F)cc(C(F)(F)F)c1. The Hall–Kier alpha value is -0.890. The van der Waals surface area contributed by atoms with Gasteiger partial charge in [0.05, 0.1) is 11.1 Å². The fourth-order valence-corrected chi connectivity index (χ4v) is 1.56. The summed E-state index contributed by atoms with van der Waals surface area (Å²) in [6.45, 7) is 0. The molecule has 8 heteroatoms. The standard InChI is InChI=1S/C9H7F6NS/c10-8(11,12)6-1-5(4-17-16)2-7(3-6)9(13,14)15/h1-3H,4,16H2. The molecule has 17 heavy (non-hydrogen) atoms. The highest BCUT2D eigenvalue weighted by molar-refractivity contribution is 7.96. The van der Waals surface area contributed by atoms with E-state index in [4.69, 9.17) is 5.14 Å². The smallest absolute Gasteiger partial charge is 0.278 e. The van der Waals surface area contributed by atoms with Gasteiger partial charge in [-0.2, -0.15) is 26.3 Å². The Balaban J connectivity index is 3.29. The number of nitrogens with two attached hydrogens (primary N) is 1. The summed E-state index contributed by atoms with van der Waals surface area (Å²) in [7, 11) is 0. The second kappa shape index (κ2) is 4.77. The van der Waals surface area contributed by atoms with Gasteiger partial charge in [0, 0.05) is 5.75 Å². The molecule has 96 valence electrons. The Labute approximate surface area is 97.1 Å². The van der Waals surface area contributed by atoms with Crippen molar-refractivity contribution < 1.29 is 26.3 Å². The molecule has 1 aromatic rings. The summed E-state index contributed by atoms with van der Waals surface area (Å²) in [5, 5.41) is 5.03. The molecular weight excluding hydrogens is 268 g/mol. The van der Waals surface area contributed by atoms with Crippen molar-refractivity contribution in [3.63, 3.8) is 0 Å². The molecule has 1 aromatic carbocycles. The third-order valence-electron chi connectivity index (χ3n) is 1.90. The Morgan fingerprint density at radius 3 is 1.59 bits per heavy atom. The zero-order chi connectivity index (χ0) is 13.3. The molecule has 1 nitrogen and oxygen atoms in total. The zero-order valence-corrected chi connectivity index (χ0v) is 9.01. The van der Waals surface area contributed by atoms with Gasteiger partial charge in [-0.15, -0.1) is 0 Å². The summed E-state index contributed by atoms with van der Waals surface area (Å²) >= 11 is 0.659. The van der Waals surface area contributed by atoms with E-state index in [-0.39, 0.29) is 17.4 Å². The second-order valence-corrected chi connectivity index (χ2v) is 3.85. The lowest BCUT2D eigenvalue weighted by Gasteiger charge is -2.13. The van der Waals surface area contributed by atoms with Gasteiger partial charge < -0.3 is 0 Å². The Bertz CT molecular complexity index is 365. The molecule has 0 fully saturated rings. The first-order valence-corrected chi connectivity index (χ1v) is 5.29. The minimum Gasteiger partial charge on any atom is -0.278 e. The Morgan fingerprint density at radius 2 is 1.29 bits per heavy atom. The molecule has 0 radical (unpaired) electrons. The molecule has 0 bridgehead atoms. The minimum absolute atomic E-state index is 0.0880. The van der Waals surface area contributed by atoms with Gasteiger partial charge in [0.25, 0.3) is 0 Å². The maximum absolute atomic E-state index is 12.4. The summed E-state index contributed by atoms with van der Waals surface area (Å²) in [6.07, 6.45) is -9.62. The van der Waals surface area contributed by atoms with Crippen molar-refractivity contribution in [2.75, 3.05) is 0 Å². The van der Waals surface area contributed by atoms with Crippen molar-refractivity contribution in [1.82, 2.24) is 0 Å². The molecule has 1 rings (SSSR count). The number of hydrogen-bond donors (Lipinski definition) is 1. The van der Waals surface area contributed by atoms with Crippen LogP contribution < -0.4 is 5.14 Å². The van der Waals surface area contributed by atoms with E-state index in [9.17, 15) is 26.3 Å². The van der Waals surface area contributed by atoms with E-state index in [1.165, 1.54) is 0 Å². The van der Waals surface area contributed by atoms with Gasteiger partial charge in [-0.3, -0.25) is 5.14 Å². The molecule has 0 atom stereocenters. The molecule has 0 aliphatic rings. The van der Waals surface area contributed by atoms with Gasteiger partial charge in [-0.05, 0) is 23.8 Å².